The van der Waals surface area contributed by atoms with Gasteiger partial charge in [0.25, 0.3) is 0 Å². The smallest absolute Gasteiger partial charge is 0.226 e. The Hall–Kier alpha value is -1.35. The van der Waals surface area contributed by atoms with Gasteiger partial charge in [-0.1, -0.05) is 44.2 Å². The maximum Gasteiger partial charge on any atom is 0.226 e. The minimum atomic E-state index is -0.402. The van der Waals surface area contributed by atoms with Gasteiger partial charge in [-0.05, 0) is 36.2 Å². The fraction of sp³-hybridized carbons (Fsp3) is 0.611. The van der Waals surface area contributed by atoms with Crippen molar-refractivity contribution in [1.29, 1.82) is 0 Å². The van der Waals surface area contributed by atoms with Crippen molar-refractivity contribution in [2.75, 3.05) is 13.1 Å². The number of nitrogens with zero attached hydrogens (tertiary/aromatic N) is 1. The van der Waals surface area contributed by atoms with Crippen molar-refractivity contribution >= 4 is 5.91 Å². The predicted molar refractivity (Wildman–Crippen MR) is 82.6 cm³/mol. The van der Waals surface area contributed by atoms with Gasteiger partial charge in [0.05, 0.1) is 6.10 Å². The van der Waals surface area contributed by atoms with Crippen molar-refractivity contribution in [3.05, 3.63) is 35.9 Å². The molecular weight excluding hydrogens is 262 g/mol. The first-order valence-corrected chi connectivity index (χ1v) is 8.01. The predicted octanol–water partition coefficient (Wildman–Crippen LogP) is 3.00. The molecule has 2 fully saturated rings. The quantitative estimate of drug-likeness (QED) is 0.928. The summed E-state index contributed by atoms with van der Waals surface area (Å²) in [6.45, 7) is 5.92. The van der Waals surface area contributed by atoms with Crippen molar-refractivity contribution in [3.63, 3.8) is 0 Å². The maximum absolute atomic E-state index is 12.4. The lowest BCUT2D eigenvalue weighted by Crippen LogP contribution is -2.41. The molecule has 1 heterocycles. The number of rotatable bonds is 3. The molecule has 0 bridgehead atoms. The lowest BCUT2D eigenvalue weighted by atomic mass is 9.87. The number of benzene rings is 1. The van der Waals surface area contributed by atoms with Gasteiger partial charge in [0, 0.05) is 19.0 Å². The monoisotopic (exact) mass is 287 g/mol. The average molecular weight is 287 g/mol. The first-order valence-electron chi connectivity index (χ1n) is 8.01. The molecule has 1 aromatic carbocycles. The number of piperidine rings is 1. The summed E-state index contributed by atoms with van der Waals surface area (Å²) < 4.78 is 0. The van der Waals surface area contributed by atoms with E-state index < -0.39 is 6.10 Å². The Balaban J connectivity index is 1.55. The molecule has 1 saturated carbocycles. The lowest BCUT2D eigenvalue weighted by molar-refractivity contribution is -0.135. The molecule has 1 N–H and O–H groups in total. The molecular formula is C18H25NO2. The van der Waals surface area contributed by atoms with E-state index >= 15 is 0 Å². The van der Waals surface area contributed by atoms with E-state index in [1.807, 2.05) is 35.2 Å². The first kappa shape index (κ1) is 14.6. The van der Waals surface area contributed by atoms with E-state index in [2.05, 4.69) is 13.8 Å². The Morgan fingerprint density at radius 3 is 2.33 bits per heavy atom. The molecule has 3 nitrogen and oxygen atoms in total. The number of hydrogen-bond donors (Lipinski definition) is 1. The zero-order valence-electron chi connectivity index (χ0n) is 13.0. The second-order valence-electron chi connectivity index (χ2n) is 7.26. The number of aliphatic hydroxyl groups is 1. The van der Waals surface area contributed by atoms with E-state index in [1.54, 1.807) is 0 Å². The fourth-order valence-corrected chi connectivity index (χ4v) is 3.47. The van der Waals surface area contributed by atoms with Crippen molar-refractivity contribution in [2.24, 2.45) is 17.3 Å². The Kier molecular flexibility index (Phi) is 3.78. The van der Waals surface area contributed by atoms with Crippen LogP contribution in [0.2, 0.25) is 0 Å². The van der Waals surface area contributed by atoms with Crippen LogP contribution in [0.4, 0.5) is 0 Å². The van der Waals surface area contributed by atoms with Crippen LogP contribution in [0.1, 0.15) is 44.8 Å². The molecule has 2 unspecified atom stereocenters. The second kappa shape index (κ2) is 5.45. The van der Waals surface area contributed by atoms with E-state index in [1.165, 1.54) is 0 Å². The van der Waals surface area contributed by atoms with Gasteiger partial charge in [-0.2, -0.15) is 0 Å². The molecule has 1 aliphatic heterocycles. The summed E-state index contributed by atoms with van der Waals surface area (Å²) in [6, 6.07) is 9.86. The number of hydrogen-bond acceptors (Lipinski definition) is 2. The minimum Gasteiger partial charge on any atom is -0.388 e. The van der Waals surface area contributed by atoms with Crippen LogP contribution >= 0.6 is 0 Å². The van der Waals surface area contributed by atoms with Crippen LogP contribution in [0.5, 0.6) is 0 Å². The number of amides is 1. The first-order chi connectivity index (χ1) is 9.99. The number of carbonyl (C=O) groups excluding carboxylic acids is 1. The summed E-state index contributed by atoms with van der Waals surface area (Å²) in [5.74, 6) is 0.824. The summed E-state index contributed by atoms with van der Waals surface area (Å²) in [4.78, 5) is 14.4. The molecule has 2 aliphatic rings. The van der Waals surface area contributed by atoms with Crippen LogP contribution in [-0.4, -0.2) is 29.0 Å². The van der Waals surface area contributed by atoms with Crippen LogP contribution in [0.3, 0.4) is 0 Å². The highest BCUT2D eigenvalue weighted by atomic mass is 16.3. The van der Waals surface area contributed by atoms with E-state index in [-0.39, 0.29) is 17.3 Å². The molecule has 0 spiro atoms. The Bertz CT molecular complexity index is 503. The highest BCUT2D eigenvalue weighted by Crippen LogP contribution is 2.52. The molecule has 1 saturated heterocycles. The van der Waals surface area contributed by atoms with Crippen molar-refractivity contribution < 1.29 is 9.90 Å². The maximum atomic E-state index is 12.4. The molecule has 1 aliphatic carbocycles. The van der Waals surface area contributed by atoms with Crippen molar-refractivity contribution in [1.82, 2.24) is 4.90 Å². The minimum absolute atomic E-state index is 0.206. The largest absolute Gasteiger partial charge is 0.388 e. The van der Waals surface area contributed by atoms with Crippen LogP contribution in [0, 0.1) is 17.3 Å². The van der Waals surface area contributed by atoms with E-state index in [9.17, 15) is 9.90 Å². The summed E-state index contributed by atoms with van der Waals surface area (Å²) in [7, 11) is 0. The third kappa shape index (κ3) is 2.98. The lowest BCUT2D eigenvalue weighted by Gasteiger charge is -2.34. The highest BCUT2D eigenvalue weighted by molar-refractivity contribution is 5.82. The topological polar surface area (TPSA) is 40.5 Å². The van der Waals surface area contributed by atoms with E-state index in [0.29, 0.717) is 5.91 Å². The van der Waals surface area contributed by atoms with Gasteiger partial charge < -0.3 is 10.0 Å². The molecule has 0 aromatic heterocycles. The zero-order chi connectivity index (χ0) is 15.0. The van der Waals surface area contributed by atoms with Gasteiger partial charge >= 0.3 is 0 Å². The van der Waals surface area contributed by atoms with Gasteiger partial charge in [-0.3, -0.25) is 4.79 Å². The summed E-state index contributed by atoms with van der Waals surface area (Å²) in [5, 5.41) is 10.5. The molecule has 1 aromatic rings. The highest BCUT2D eigenvalue weighted by Gasteiger charge is 2.52. The van der Waals surface area contributed by atoms with Gasteiger partial charge in [0.15, 0.2) is 0 Å². The van der Waals surface area contributed by atoms with Gasteiger partial charge in [0.2, 0.25) is 5.91 Å². The van der Waals surface area contributed by atoms with Crippen LogP contribution in [0.25, 0.3) is 0 Å². The van der Waals surface area contributed by atoms with Crippen LogP contribution in [-0.2, 0) is 4.79 Å². The Morgan fingerprint density at radius 1 is 1.24 bits per heavy atom. The van der Waals surface area contributed by atoms with E-state index in [4.69, 9.17) is 0 Å². The Labute approximate surface area is 127 Å². The van der Waals surface area contributed by atoms with Crippen molar-refractivity contribution in [3.8, 4) is 0 Å². The second-order valence-corrected chi connectivity index (χ2v) is 7.26. The fourth-order valence-electron chi connectivity index (χ4n) is 3.47. The molecule has 3 rings (SSSR count). The Morgan fingerprint density at radius 2 is 1.81 bits per heavy atom. The van der Waals surface area contributed by atoms with Gasteiger partial charge in [-0.15, -0.1) is 0 Å². The van der Waals surface area contributed by atoms with Crippen LogP contribution in [0.15, 0.2) is 30.3 Å². The standard InChI is InChI=1S/C18H25NO2/c1-18(2)12-15(18)17(21)19-10-8-14(9-11-19)16(20)13-6-4-3-5-7-13/h3-7,14-16,20H,8-12H2,1-2H3. The third-order valence-electron chi connectivity index (χ3n) is 5.25. The number of aliphatic hydroxyl groups excluding tert-OH is 1. The van der Waals surface area contributed by atoms with E-state index in [0.717, 1.165) is 37.9 Å². The number of carbonyl (C=O) groups is 1. The molecule has 0 radical (unpaired) electrons. The summed E-state index contributed by atoms with van der Waals surface area (Å²) in [6.07, 6.45) is 2.42. The normalized spacial score (nSPS) is 26.4. The number of likely N-dealkylation sites (tertiary alicyclic amines) is 1. The molecule has 3 heteroatoms. The zero-order valence-corrected chi connectivity index (χ0v) is 13.0. The third-order valence-corrected chi connectivity index (χ3v) is 5.25. The van der Waals surface area contributed by atoms with Crippen molar-refractivity contribution in [2.45, 2.75) is 39.2 Å². The summed E-state index contributed by atoms with van der Waals surface area (Å²) in [5.41, 5.74) is 1.20. The van der Waals surface area contributed by atoms with Gasteiger partial charge in [0.1, 0.15) is 0 Å². The molecule has 21 heavy (non-hydrogen) atoms. The summed E-state index contributed by atoms with van der Waals surface area (Å²) >= 11 is 0. The molecule has 2 atom stereocenters. The van der Waals surface area contributed by atoms with Gasteiger partial charge in [-0.25, -0.2) is 0 Å². The van der Waals surface area contributed by atoms with Crippen LogP contribution < -0.4 is 0 Å². The molecule has 1 amide bonds. The SMILES string of the molecule is CC1(C)CC1C(=O)N1CCC(C(O)c2ccccc2)CC1. The molecule has 114 valence electrons. The average Bonchev–Trinajstić information content (AvgIpc) is 3.15.